The van der Waals surface area contributed by atoms with Gasteiger partial charge in [0.25, 0.3) is 11.4 Å². The number of nitro benzene ring substituents is 2. The number of non-ortho nitro benzene ring substituents is 2. The zero-order valence-electron chi connectivity index (χ0n) is 29.9. The Kier molecular flexibility index (Phi) is 8.65. The highest BCUT2D eigenvalue weighted by atomic mass is 16.6. The van der Waals surface area contributed by atoms with Crippen LogP contribution < -0.4 is 19.3 Å². The molecular weight excluding hydrogens is 672 g/mol. The van der Waals surface area contributed by atoms with E-state index < -0.39 is 61.4 Å². The van der Waals surface area contributed by atoms with E-state index >= 15 is 0 Å². The number of likely N-dealkylation sites (N-methyl/N-ethyl adjacent to an activating group) is 1. The van der Waals surface area contributed by atoms with E-state index in [1.165, 1.54) is 25.3 Å². The first kappa shape index (κ1) is 36.0. The number of ether oxygens (including phenoxy) is 2. The van der Waals surface area contributed by atoms with Crippen LogP contribution in [0.3, 0.4) is 0 Å². The van der Waals surface area contributed by atoms with E-state index in [2.05, 4.69) is 4.90 Å². The van der Waals surface area contributed by atoms with E-state index in [1.807, 2.05) is 52.8 Å². The minimum atomic E-state index is -2.58. The second-order valence-corrected chi connectivity index (χ2v) is 14.3. The number of carboxylic acids is 1. The fourth-order valence-corrected chi connectivity index (χ4v) is 7.97. The molecule has 0 aromatic heterocycles. The number of ketones is 1. The van der Waals surface area contributed by atoms with Crippen LogP contribution in [0.2, 0.25) is 0 Å². The van der Waals surface area contributed by atoms with Crippen molar-refractivity contribution in [3.05, 3.63) is 115 Å². The molecule has 3 atom stereocenters. The number of aliphatic carboxylic acids is 1. The third-order valence-electron chi connectivity index (χ3n) is 10.8. The third kappa shape index (κ3) is 5.36. The maximum Gasteiger partial charge on any atom is 0.341 e. The maximum atomic E-state index is 14.2. The van der Waals surface area contributed by atoms with Crippen LogP contribution in [0.1, 0.15) is 51.3 Å². The number of allylic oxidation sites excluding steroid dienone is 1. The lowest BCUT2D eigenvalue weighted by Crippen LogP contribution is -2.62. The molecule has 6 rings (SSSR count). The average molecular weight is 713 g/mol. The summed E-state index contributed by atoms with van der Waals surface area (Å²) in [5.41, 5.74) is -1.35. The van der Waals surface area contributed by atoms with E-state index in [0.717, 1.165) is 22.9 Å². The van der Waals surface area contributed by atoms with Crippen LogP contribution in [0.25, 0.3) is 0 Å². The molecule has 2 heterocycles. The molecule has 14 heteroatoms. The van der Waals surface area contributed by atoms with Gasteiger partial charge in [0.15, 0.2) is 5.78 Å². The predicted molar refractivity (Wildman–Crippen MR) is 192 cm³/mol. The second kappa shape index (κ2) is 12.5. The molecule has 0 amide bonds. The van der Waals surface area contributed by atoms with Gasteiger partial charge in [-0.2, -0.15) is 0 Å². The summed E-state index contributed by atoms with van der Waals surface area (Å²) in [6.45, 7) is 10.1. The van der Waals surface area contributed by atoms with E-state index in [-0.39, 0.29) is 17.7 Å². The van der Waals surface area contributed by atoms with Gasteiger partial charge in [0.2, 0.25) is 5.60 Å². The lowest BCUT2D eigenvalue weighted by atomic mass is 9.61. The molecule has 3 aromatic carbocycles. The number of anilines is 2. The van der Waals surface area contributed by atoms with Gasteiger partial charge in [0.1, 0.15) is 11.5 Å². The van der Waals surface area contributed by atoms with Gasteiger partial charge in [-0.05, 0) is 66.1 Å². The SMILES string of the molecule is CCN1c2ccc(OC)cc2C(C)(C)C1C=C1C(=O)C(C=C2N(Cc3cc([N+](=O)[O-])cc([N+](=O)[O-])c3)c3ccc(OC)cc3C2(C)C)C1(O)C(=O)O. The minimum absolute atomic E-state index is 0.102. The Morgan fingerprint density at radius 1 is 0.885 bits per heavy atom. The fraction of sp³-hybridized carbons (Fsp3) is 0.368. The predicted octanol–water partition coefficient (Wildman–Crippen LogP) is 5.83. The largest absolute Gasteiger partial charge is 0.497 e. The highest BCUT2D eigenvalue weighted by Crippen LogP contribution is 2.54. The van der Waals surface area contributed by atoms with Gasteiger partial charge in [0, 0.05) is 58.7 Å². The molecule has 2 aliphatic heterocycles. The number of carbonyl (C=O) groups is 2. The first-order valence-electron chi connectivity index (χ1n) is 16.7. The van der Waals surface area contributed by atoms with Crippen LogP contribution in [0.15, 0.2) is 78.0 Å². The Morgan fingerprint density at radius 3 is 1.96 bits per heavy atom. The number of benzene rings is 3. The van der Waals surface area contributed by atoms with Gasteiger partial charge in [-0.25, -0.2) is 4.79 Å². The van der Waals surface area contributed by atoms with Gasteiger partial charge in [-0.1, -0.05) is 33.8 Å². The molecule has 1 saturated carbocycles. The fourth-order valence-electron chi connectivity index (χ4n) is 7.97. The van der Waals surface area contributed by atoms with Gasteiger partial charge in [-0.15, -0.1) is 0 Å². The number of methoxy groups -OCH3 is 2. The summed E-state index contributed by atoms with van der Waals surface area (Å²) in [6.07, 6.45) is 3.02. The zero-order chi connectivity index (χ0) is 38.1. The number of carbonyl (C=O) groups excluding carboxylic acids is 1. The van der Waals surface area contributed by atoms with E-state index in [0.29, 0.717) is 29.4 Å². The van der Waals surface area contributed by atoms with Crippen LogP contribution in [0, 0.1) is 26.1 Å². The van der Waals surface area contributed by atoms with Crippen molar-refractivity contribution in [1.82, 2.24) is 0 Å². The number of hydrogen-bond donors (Lipinski definition) is 2. The first-order valence-corrected chi connectivity index (χ1v) is 16.7. The number of nitrogens with zero attached hydrogens (tertiary/aromatic N) is 4. The molecule has 2 N–H and O–H groups in total. The molecule has 0 radical (unpaired) electrons. The van der Waals surface area contributed by atoms with E-state index in [1.54, 1.807) is 36.3 Å². The summed E-state index contributed by atoms with van der Waals surface area (Å²) in [7, 11) is 3.08. The number of rotatable bonds is 10. The van der Waals surface area contributed by atoms with Crippen molar-refractivity contribution in [3.8, 4) is 11.5 Å². The van der Waals surface area contributed by atoms with Crippen molar-refractivity contribution in [3.63, 3.8) is 0 Å². The Hall–Kier alpha value is -5.76. The number of Topliss-reactive ketones (excluding diaryl/α,β-unsaturated/α-hetero) is 1. The van der Waals surface area contributed by atoms with Crippen molar-refractivity contribution < 1.29 is 39.1 Å². The van der Waals surface area contributed by atoms with Crippen LogP contribution in [-0.2, 0) is 27.0 Å². The molecule has 1 aliphatic carbocycles. The van der Waals surface area contributed by atoms with Crippen molar-refractivity contribution in [2.75, 3.05) is 30.6 Å². The molecule has 3 unspecified atom stereocenters. The molecule has 14 nitrogen and oxygen atoms in total. The Morgan fingerprint density at radius 2 is 1.44 bits per heavy atom. The van der Waals surface area contributed by atoms with Crippen LogP contribution in [0.4, 0.5) is 22.7 Å². The second-order valence-electron chi connectivity index (χ2n) is 14.3. The molecule has 0 bridgehead atoms. The van der Waals surface area contributed by atoms with Crippen LogP contribution in [0.5, 0.6) is 11.5 Å². The molecule has 52 heavy (non-hydrogen) atoms. The highest BCUT2D eigenvalue weighted by molar-refractivity contribution is 6.17. The standard InChI is InChI=1S/C38H40N4O10/c1-8-39-30-11-9-24(51-6)16-26(30)36(2,3)32(39)18-28-34(43)29(38(28,46)35(44)45)19-33-37(4,5)27-17-25(52-7)10-12-31(27)40(33)20-21-13-22(41(47)48)15-23(14-21)42(49)50/h9-19,29,32,46H,8,20H2,1-7H3,(H,44,45). The number of carboxylic acid groups (broad SMARTS) is 1. The number of aliphatic hydroxyl groups is 1. The quantitative estimate of drug-likeness (QED) is 0.146. The maximum absolute atomic E-state index is 14.2. The topological polar surface area (TPSA) is 186 Å². The van der Waals surface area contributed by atoms with Crippen LogP contribution >= 0.6 is 0 Å². The van der Waals surface area contributed by atoms with Crippen LogP contribution in [-0.4, -0.2) is 64.2 Å². The summed E-state index contributed by atoms with van der Waals surface area (Å²) in [4.78, 5) is 52.9. The summed E-state index contributed by atoms with van der Waals surface area (Å²) in [6, 6.07) is 13.8. The molecule has 3 aliphatic rings. The molecule has 272 valence electrons. The first-order chi connectivity index (χ1) is 24.4. The van der Waals surface area contributed by atoms with Crippen molar-refractivity contribution in [2.45, 2.75) is 63.6 Å². The average Bonchev–Trinajstić information content (AvgIpc) is 3.45. The van der Waals surface area contributed by atoms with Crippen molar-refractivity contribution >= 4 is 34.5 Å². The Balaban J connectivity index is 1.46. The van der Waals surface area contributed by atoms with E-state index in [4.69, 9.17) is 9.47 Å². The zero-order valence-corrected chi connectivity index (χ0v) is 29.9. The van der Waals surface area contributed by atoms with E-state index in [9.17, 15) is 40.0 Å². The smallest absolute Gasteiger partial charge is 0.341 e. The lowest BCUT2D eigenvalue weighted by molar-refractivity contribution is -0.394. The normalized spacial score (nSPS) is 24.0. The summed E-state index contributed by atoms with van der Waals surface area (Å²) >= 11 is 0. The molecule has 3 aromatic rings. The summed E-state index contributed by atoms with van der Waals surface area (Å²) in [5, 5.41) is 46.0. The Labute approximate surface area is 299 Å². The number of fused-ring (bicyclic) bond motifs is 2. The van der Waals surface area contributed by atoms with Gasteiger partial charge in [-0.3, -0.25) is 25.0 Å². The molecule has 1 fully saturated rings. The summed E-state index contributed by atoms with van der Waals surface area (Å²) < 4.78 is 10.9. The summed E-state index contributed by atoms with van der Waals surface area (Å²) in [5.74, 6) is -2.45. The lowest BCUT2D eigenvalue weighted by Gasteiger charge is -2.44. The van der Waals surface area contributed by atoms with Gasteiger partial charge < -0.3 is 29.5 Å². The monoisotopic (exact) mass is 712 g/mol. The molecule has 0 spiro atoms. The van der Waals surface area contributed by atoms with Crippen molar-refractivity contribution in [2.24, 2.45) is 5.92 Å². The van der Waals surface area contributed by atoms with Gasteiger partial charge >= 0.3 is 5.97 Å². The highest BCUT2D eigenvalue weighted by Gasteiger charge is 2.63. The molecular formula is C38H40N4O10. The van der Waals surface area contributed by atoms with Gasteiger partial charge in [0.05, 0.1) is 42.1 Å². The van der Waals surface area contributed by atoms with Crippen molar-refractivity contribution in [1.29, 1.82) is 0 Å². The number of hydrogen-bond acceptors (Lipinski definition) is 11. The molecule has 0 saturated heterocycles. The number of nitro groups is 2. The third-order valence-corrected chi connectivity index (χ3v) is 10.8. The minimum Gasteiger partial charge on any atom is -0.497 e. The Bertz CT molecular complexity index is 2070.